The second-order valence-corrected chi connectivity index (χ2v) is 4.36. The van der Waals surface area contributed by atoms with Crippen molar-refractivity contribution in [2.24, 2.45) is 0 Å². The summed E-state index contributed by atoms with van der Waals surface area (Å²) in [7, 11) is 0. The van der Waals surface area contributed by atoms with Gasteiger partial charge in [0.2, 0.25) is 5.95 Å². The van der Waals surface area contributed by atoms with Crippen molar-refractivity contribution in [2.75, 3.05) is 11.1 Å². The highest BCUT2D eigenvalue weighted by atomic mass is 19.4. The van der Waals surface area contributed by atoms with Crippen LogP contribution >= 0.6 is 0 Å². The molecule has 0 unspecified atom stereocenters. The second-order valence-electron chi connectivity index (χ2n) is 4.36. The Hall–Kier alpha value is -2.84. The molecule has 2 rings (SSSR count). The summed E-state index contributed by atoms with van der Waals surface area (Å²) in [6, 6.07) is 6.73. The molecule has 0 saturated carbocycles. The molecule has 0 aliphatic heterocycles. The lowest BCUT2D eigenvalue weighted by atomic mass is 10.2. The van der Waals surface area contributed by atoms with Gasteiger partial charge in [-0.25, -0.2) is 14.8 Å². The van der Waals surface area contributed by atoms with Crippen molar-refractivity contribution in [2.45, 2.75) is 12.7 Å². The number of nitrogens with zero attached hydrogens (tertiary/aromatic N) is 2. The number of nitrogens with one attached hydrogen (secondary N) is 1. The lowest BCUT2D eigenvalue weighted by molar-refractivity contribution is -0.141. The molecule has 0 saturated heterocycles. The third-order valence-corrected chi connectivity index (χ3v) is 2.69. The monoisotopic (exact) mass is 312 g/mol. The van der Waals surface area contributed by atoms with Crippen LogP contribution in [0.3, 0.4) is 0 Å². The van der Waals surface area contributed by atoms with E-state index in [1.807, 2.05) is 0 Å². The third-order valence-electron chi connectivity index (χ3n) is 2.69. The maximum atomic E-state index is 12.8. The van der Waals surface area contributed by atoms with Gasteiger partial charge in [-0.2, -0.15) is 13.2 Å². The number of aromatic carboxylic acids is 1. The average Bonchev–Trinajstić information content (AvgIpc) is 2.44. The minimum atomic E-state index is -4.88. The first-order valence-electron chi connectivity index (χ1n) is 6.03. The summed E-state index contributed by atoms with van der Waals surface area (Å²) in [4.78, 5) is 17.6. The highest BCUT2D eigenvalue weighted by molar-refractivity contribution is 5.88. The number of hydrogen-bond donors (Lipinski definition) is 3. The van der Waals surface area contributed by atoms with Gasteiger partial charge in [-0.15, -0.1) is 0 Å². The number of alkyl halides is 3. The Bertz CT molecular complexity index is 704. The summed E-state index contributed by atoms with van der Waals surface area (Å²) in [6.07, 6.45) is -4.26. The summed E-state index contributed by atoms with van der Waals surface area (Å²) in [5.41, 5.74) is 4.33. The molecule has 1 aromatic carbocycles. The molecule has 2 aromatic rings. The molecule has 0 atom stereocenters. The molecule has 116 valence electrons. The predicted molar refractivity (Wildman–Crippen MR) is 72.2 cm³/mol. The average molecular weight is 312 g/mol. The largest absolute Gasteiger partial charge is 0.478 e. The van der Waals surface area contributed by atoms with Crippen molar-refractivity contribution in [3.63, 3.8) is 0 Å². The van der Waals surface area contributed by atoms with Crippen LogP contribution < -0.4 is 11.1 Å². The van der Waals surface area contributed by atoms with E-state index in [2.05, 4.69) is 15.3 Å². The van der Waals surface area contributed by atoms with Crippen LogP contribution in [0.25, 0.3) is 0 Å². The number of hydrogen-bond acceptors (Lipinski definition) is 5. The Morgan fingerprint density at radius 2 is 2.09 bits per heavy atom. The molecule has 1 aromatic heterocycles. The van der Waals surface area contributed by atoms with Gasteiger partial charge in [-0.05, 0) is 17.7 Å². The zero-order valence-electron chi connectivity index (χ0n) is 11.1. The summed E-state index contributed by atoms with van der Waals surface area (Å²) < 4.78 is 38.4. The molecule has 0 fully saturated rings. The molecule has 4 N–H and O–H groups in total. The van der Waals surface area contributed by atoms with Crippen LogP contribution in [0.15, 0.2) is 30.5 Å². The molecule has 22 heavy (non-hydrogen) atoms. The zero-order chi connectivity index (χ0) is 16.3. The number of nitrogens with two attached hydrogens (primary N) is 1. The Morgan fingerprint density at radius 3 is 2.68 bits per heavy atom. The standard InChI is InChI=1S/C13H11F3N4O2/c14-13(15,16)10-9(11(21)22)6-19-12(20-10)18-5-7-2-1-3-8(17)4-7/h1-4,6H,5,17H2,(H,21,22)(H,18,19,20). The van der Waals surface area contributed by atoms with Gasteiger partial charge < -0.3 is 16.2 Å². The summed E-state index contributed by atoms with van der Waals surface area (Å²) >= 11 is 0. The van der Waals surface area contributed by atoms with Crippen molar-refractivity contribution in [3.05, 3.63) is 47.3 Å². The number of carbonyl (C=O) groups is 1. The van der Waals surface area contributed by atoms with Crippen molar-refractivity contribution in [3.8, 4) is 0 Å². The molecule has 0 aliphatic rings. The highest BCUT2D eigenvalue weighted by Crippen LogP contribution is 2.30. The van der Waals surface area contributed by atoms with Crippen LogP contribution in [0.5, 0.6) is 0 Å². The first kappa shape index (κ1) is 15.5. The molecule has 1 heterocycles. The molecule has 0 bridgehead atoms. The van der Waals surface area contributed by atoms with E-state index in [9.17, 15) is 18.0 Å². The van der Waals surface area contributed by atoms with Gasteiger partial charge >= 0.3 is 12.1 Å². The van der Waals surface area contributed by atoms with Crippen LogP contribution in [-0.4, -0.2) is 21.0 Å². The number of rotatable bonds is 4. The van der Waals surface area contributed by atoms with Crippen LogP contribution in [0.1, 0.15) is 21.6 Å². The molecule has 0 radical (unpaired) electrons. The Balaban J connectivity index is 2.24. The van der Waals surface area contributed by atoms with Crippen molar-refractivity contribution in [1.82, 2.24) is 9.97 Å². The number of carboxylic acid groups (broad SMARTS) is 1. The van der Waals surface area contributed by atoms with E-state index in [1.165, 1.54) is 0 Å². The van der Waals surface area contributed by atoms with Crippen LogP contribution in [0, 0.1) is 0 Å². The first-order valence-corrected chi connectivity index (χ1v) is 6.03. The molecular formula is C13H11F3N4O2. The lowest BCUT2D eigenvalue weighted by Gasteiger charge is -2.11. The SMILES string of the molecule is Nc1cccc(CNc2ncc(C(=O)O)c(C(F)(F)F)n2)c1. The first-order chi connectivity index (χ1) is 10.3. The van der Waals surface area contributed by atoms with Gasteiger partial charge in [0, 0.05) is 18.4 Å². The Labute approximate surface area is 122 Å². The normalized spacial score (nSPS) is 11.2. The van der Waals surface area contributed by atoms with E-state index in [0.29, 0.717) is 11.9 Å². The highest BCUT2D eigenvalue weighted by Gasteiger charge is 2.38. The van der Waals surface area contributed by atoms with E-state index in [1.54, 1.807) is 24.3 Å². The Morgan fingerprint density at radius 1 is 1.36 bits per heavy atom. The van der Waals surface area contributed by atoms with Crippen molar-refractivity contribution in [1.29, 1.82) is 0 Å². The van der Waals surface area contributed by atoms with Gasteiger partial charge in [0.1, 0.15) is 5.56 Å². The number of carboxylic acids is 1. The van der Waals surface area contributed by atoms with E-state index in [0.717, 1.165) is 5.56 Å². The van der Waals surface area contributed by atoms with Crippen molar-refractivity contribution < 1.29 is 23.1 Å². The van der Waals surface area contributed by atoms with Crippen LogP contribution in [0.2, 0.25) is 0 Å². The predicted octanol–water partition coefficient (Wildman–Crippen LogP) is 2.39. The van der Waals surface area contributed by atoms with Crippen molar-refractivity contribution >= 4 is 17.6 Å². The summed E-state index contributed by atoms with van der Waals surface area (Å²) in [5, 5.41) is 11.3. The molecule has 6 nitrogen and oxygen atoms in total. The van der Waals surface area contributed by atoms with E-state index in [4.69, 9.17) is 10.8 Å². The van der Waals surface area contributed by atoms with E-state index in [-0.39, 0.29) is 12.5 Å². The van der Waals surface area contributed by atoms with Gasteiger partial charge in [0.25, 0.3) is 0 Å². The second kappa shape index (κ2) is 5.88. The zero-order valence-corrected chi connectivity index (χ0v) is 11.1. The Kier molecular flexibility index (Phi) is 4.15. The van der Waals surface area contributed by atoms with Crippen LogP contribution in [-0.2, 0) is 12.7 Å². The lowest BCUT2D eigenvalue weighted by Crippen LogP contribution is -2.18. The number of nitrogen functional groups attached to an aromatic ring is 1. The number of benzene rings is 1. The van der Waals surface area contributed by atoms with Crippen LogP contribution in [0.4, 0.5) is 24.8 Å². The van der Waals surface area contributed by atoms with Gasteiger partial charge in [-0.3, -0.25) is 0 Å². The molecule has 0 spiro atoms. The minimum absolute atomic E-state index is 0.148. The molecule has 9 heteroatoms. The number of halogens is 3. The van der Waals surface area contributed by atoms with Gasteiger partial charge in [0.05, 0.1) is 0 Å². The fraction of sp³-hybridized carbons (Fsp3) is 0.154. The maximum absolute atomic E-state index is 12.8. The number of aromatic nitrogens is 2. The molecular weight excluding hydrogens is 301 g/mol. The van der Waals surface area contributed by atoms with Gasteiger partial charge in [0.15, 0.2) is 5.69 Å². The van der Waals surface area contributed by atoms with Gasteiger partial charge in [-0.1, -0.05) is 12.1 Å². The quantitative estimate of drug-likeness (QED) is 0.749. The fourth-order valence-corrected chi connectivity index (χ4v) is 1.72. The molecule has 0 aliphatic carbocycles. The minimum Gasteiger partial charge on any atom is -0.478 e. The van der Waals surface area contributed by atoms with E-state index >= 15 is 0 Å². The number of anilines is 2. The van der Waals surface area contributed by atoms with E-state index < -0.39 is 23.4 Å². The summed E-state index contributed by atoms with van der Waals surface area (Å²) in [6.45, 7) is 0.148. The summed E-state index contributed by atoms with van der Waals surface area (Å²) in [5.74, 6) is -2.06. The third kappa shape index (κ3) is 3.62. The fourth-order valence-electron chi connectivity index (χ4n) is 1.72. The smallest absolute Gasteiger partial charge is 0.434 e. The maximum Gasteiger partial charge on any atom is 0.434 e. The molecule has 0 amide bonds. The topological polar surface area (TPSA) is 101 Å².